The number of hydrogen-bond donors (Lipinski definition) is 5. The molecule has 41 heavy (non-hydrogen) atoms. The Hall–Kier alpha value is -3.83. The van der Waals surface area contributed by atoms with E-state index in [4.69, 9.17) is 5.73 Å². The number of H-pyrrole nitrogens is 1. The van der Waals surface area contributed by atoms with Crippen LogP contribution >= 0.6 is 11.8 Å². The fraction of sp³-hybridized carbons (Fsp3) is 0.400. The number of carboxylic acid groups (broad SMARTS) is 1. The Labute approximate surface area is 243 Å². The number of likely N-dealkylation sites (tertiary alicyclic amines) is 1. The van der Waals surface area contributed by atoms with E-state index in [9.17, 15) is 24.3 Å². The van der Waals surface area contributed by atoms with Crippen molar-refractivity contribution in [1.29, 1.82) is 0 Å². The van der Waals surface area contributed by atoms with E-state index in [1.54, 1.807) is 0 Å². The number of aliphatic carboxylic acids is 1. The van der Waals surface area contributed by atoms with E-state index in [-0.39, 0.29) is 12.8 Å². The number of carboxylic acids is 1. The van der Waals surface area contributed by atoms with Gasteiger partial charge in [-0.25, -0.2) is 4.79 Å². The second-order valence-electron chi connectivity index (χ2n) is 10.3. The van der Waals surface area contributed by atoms with Gasteiger partial charge in [0.2, 0.25) is 17.7 Å². The molecule has 2 heterocycles. The first-order chi connectivity index (χ1) is 19.8. The minimum Gasteiger partial charge on any atom is -0.480 e. The maximum atomic E-state index is 14.0. The third-order valence-corrected chi connectivity index (χ3v) is 8.06. The van der Waals surface area contributed by atoms with Crippen LogP contribution in [0, 0.1) is 0 Å². The smallest absolute Gasteiger partial charge is 0.326 e. The molecule has 3 amide bonds. The second kappa shape index (κ2) is 14.2. The monoisotopic (exact) mass is 579 g/mol. The molecule has 6 N–H and O–H groups in total. The summed E-state index contributed by atoms with van der Waals surface area (Å²) in [5.74, 6) is -1.89. The van der Waals surface area contributed by atoms with Crippen LogP contribution in [0.2, 0.25) is 0 Å². The van der Waals surface area contributed by atoms with E-state index in [1.807, 2.05) is 67.0 Å². The quantitative estimate of drug-likeness (QED) is 0.207. The number of benzene rings is 2. The van der Waals surface area contributed by atoms with E-state index in [0.717, 1.165) is 22.0 Å². The normalized spacial score (nSPS) is 17.1. The number of amides is 3. The molecule has 10 nitrogen and oxygen atoms in total. The Morgan fingerprint density at radius 1 is 1.05 bits per heavy atom. The summed E-state index contributed by atoms with van der Waals surface area (Å²) in [5, 5.41) is 16.0. The fourth-order valence-corrected chi connectivity index (χ4v) is 5.70. The molecule has 1 aromatic heterocycles. The number of nitrogens with zero attached hydrogens (tertiary/aromatic N) is 1. The summed E-state index contributed by atoms with van der Waals surface area (Å²) in [6.45, 7) is 0.329. The fourth-order valence-electron chi connectivity index (χ4n) is 5.22. The molecule has 0 saturated carbocycles. The number of carbonyl (C=O) groups excluding carboxylic acids is 3. The number of aromatic amines is 1. The van der Waals surface area contributed by atoms with Gasteiger partial charge in [-0.2, -0.15) is 11.8 Å². The summed E-state index contributed by atoms with van der Waals surface area (Å²) in [7, 11) is 0. The van der Waals surface area contributed by atoms with Gasteiger partial charge in [-0.1, -0.05) is 48.5 Å². The Kier molecular flexibility index (Phi) is 10.4. The number of thioether (sulfide) groups is 1. The van der Waals surface area contributed by atoms with Crippen LogP contribution in [0.4, 0.5) is 0 Å². The molecule has 11 heteroatoms. The van der Waals surface area contributed by atoms with Crippen LogP contribution in [-0.4, -0.2) is 81.4 Å². The van der Waals surface area contributed by atoms with Gasteiger partial charge in [0.25, 0.3) is 0 Å². The zero-order valence-corrected chi connectivity index (χ0v) is 23.9. The molecular formula is C30H37N5O5S. The molecule has 4 atom stereocenters. The summed E-state index contributed by atoms with van der Waals surface area (Å²) >= 11 is 1.49. The van der Waals surface area contributed by atoms with Crippen LogP contribution in [0.3, 0.4) is 0 Å². The third-order valence-electron chi connectivity index (χ3n) is 7.41. The van der Waals surface area contributed by atoms with E-state index in [2.05, 4.69) is 15.6 Å². The summed E-state index contributed by atoms with van der Waals surface area (Å²) in [4.78, 5) is 56.8. The SMILES string of the molecule is CSCCC(NC(=O)C1CCCN1C(=O)C(Cc1c[nH]c2ccccc12)NC(=O)C(N)Cc1ccccc1)C(=O)O. The van der Waals surface area contributed by atoms with Crippen LogP contribution in [0.1, 0.15) is 30.4 Å². The van der Waals surface area contributed by atoms with Gasteiger partial charge in [0.05, 0.1) is 6.04 Å². The average Bonchev–Trinajstić information content (AvgIpc) is 3.62. The molecule has 1 saturated heterocycles. The predicted molar refractivity (Wildman–Crippen MR) is 159 cm³/mol. The first-order valence-corrected chi connectivity index (χ1v) is 15.1. The summed E-state index contributed by atoms with van der Waals surface area (Å²) in [6, 6.07) is 13.4. The molecule has 0 aliphatic carbocycles. The lowest BCUT2D eigenvalue weighted by molar-refractivity contribution is -0.145. The molecule has 0 radical (unpaired) electrons. The topological polar surface area (TPSA) is 158 Å². The maximum absolute atomic E-state index is 14.0. The lowest BCUT2D eigenvalue weighted by atomic mass is 10.0. The standard InChI is InChI=1S/C30H37N5O5S/c1-41-15-13-24(30(39)40)33-28(37)26-12-7-14-35(26)29(38)25(17-20-18-32-23-11-6-5-10-21(20)23)34-27(36)22(31)16-19-8-3-2-4-9-19/h2-6,8-11,18,22,24-26,32H,7,12-17,31H2,1H3,(H,33,37)(H,34,36)(H,39,40). The first-order valence-electron chi connectivity index (χ1n) is 13.8. The first kappa shape index (κ1) is 30.1. The molecule has 1 aliphatic rings. The van der Waals surface area contributed by atoms with E-state index in [0.29, 0.717) is 31.6 Å². The van der Waals surface area contributed by atoms with Gasteiger partial charge in [-0.15, -0.1) is 0 Å². The Balaban J connectivity index is 1.54. The molecule has 4 rings (SSSR count). The Morgan fingerprint density at radius 2 is 1.78 bits per heavy atom. The van der Waals surface area contributed by atoms with Crippen LogP contribution in [-0.2, 0) is 32.0 Å². The number of fused-ring (bicyclic) bond motifs is 1. The minimum absolute atomic E-state index is 0.197. The van der Waals surface area contributed by atoms with Crippen molar-refractivity contribution in [3.63, 3.8) is 0 Å². The number of nitrogens with two attached hydrogens (primary N) is 1. The minimum atomic E-state index is -1.11. The van der Waals surface area contributed by atoms with E-state index in [1.165, 1.54) is 16.7 Å². The number of carbonyl (C=O) groups is 4. The van der Waals surface area contributed by atoms with Crippen molar-refractivity contribution >= 4 is 46.4 Å². The summed E-state index contributed by atoms with van der Waals surface area (Å²) in [6.07, 6.45) is 5.47. The van der Waals surface area contributed by atoms with Gasteiger partial charge in [-0.3, -0.25) is 14.4 Å². The van der Waals surface area contributed by atoms with Gasteiger partial charge >= 0.3 is 5.97 Å². The van der Waals surface area contributed by atoms with Crippen molar-refractivity contribution < 1.29 is 24.3 Å². The van der Waals surface area contributed by atoms with Gasteiger partial charge < -0.3 is 31.4 Å². The maximum Gasteiger partial charge on any atom is 0.326 e. The van der Waals surface area contributed by atoms with Crippen LogP contribution in [0.15, 0.2) is 60.8 Å². The highest BCUT2D eigenvalue weighted by atomic mass is 32.2. The molecular weight excluding hydrogens is 542 g/mol. The van der Waals surface area contributed by atoms with E-state index < -0.39 is 47.9 Å². The number of nitrogens with one attached hydrogen (secondary N) is 3. The molecule has 1 fully saturated rings. The largest absolute Gasteiger partial charge is 0.480 e. The highest BCUT2D eigenvalue weighted by Crippen LogP contribution is 2.23. The zero-order chi connectivity index (χ0) is 29.4. The lowest BCUT2D eigenvalue weighted by Crippen LogP contribution is -2.57. The Morgan fingerprint density at radius 3 is 2.51 bits per heavy atom. The van der Waals surface area contributed by atoms with Gasteiger partial charge in [0, 0.05) is 30.1 Å². The van der Waals surface area contributed by atoms with Crippen molar-refractivity contribution in [2.24, 2.45) is 5.73 Å². The number of aromatic nitrogens is 1. The van der Waals surface area contributed by atoms with Crippen LogP contribution < -0.4 is 16.4 Å². The summed E-state index contributed by atoms with van der Waals surface area (Å²) < 4.78 is 0. The van der Waals surface area contributed by atoms with Crippen LogP contribution in [0.25, 0.3) is 10.9 Å². The molecule has 0 spiro atoms. The molecule has 3 aromatic rings. The Bertz CT molecular complexity index is 1360. The third kappa shape index (κ3) is 7.68. The van der Waals surface area contributed by atoms with Crippen LogP contribution in [0.5, 0.6) is 0 Å². The van der Waals surface area contributed by atoms with Crippen molar-refractivity contribution in [1.82, 2.24) is 20.5 Å². The van der Waals surface area contributed by atoms with Crippen molar-refractivity contribution in [3.05, 3.63) is 71.9 Å². The molecule has 218 valence electrons. The van der Waals surface area contributed by atoms with Crippen molar-refractivity contribution in [2.45, 2.75) is 56.3 Å². The molecule has 2 aromatic carbocycles. The van der Waals surface area contributed by atoms with Gasteiger partial charge in [0.1, 0.15) is 18.1 Å². The molecule has 4 unspecified atom stereocenters. The van der Waals surface area contributed by atoms with E-state index >= 15 is 0 Å². The van der Waals surface area contributed by atoms with Gasteiger partial charge in [-0.05, 0) is 54.9 Å². The molecule has 1 aliphatic heterocycles. The molecule has 0 bridgehead atoms. The van der Waals surface area contributed by atoms with Crippen molar-refractivity contribution in [2.75, 3.05) is 18.6 Å². The number of rotatable bonds is 13. The van der Waals surface area contributed by atoms with Gasteiger partial charge in [0.15, 0.2) is 0 Å². The second-order valence-corrected chi connectivity index (χ2v) is 11.3. The lowest BCUT2D eigenvalue weighted by Gasteiger charge is -2.30. The summed E-state index contributed by atoms with van der Waals surface area (Å²) in [5.41, 5.74) is 8.91. The highest BCUT2D eigenvalue weighted by Gasteiger charge is 2.39. The zero-order valence-electron chi connectivity index (χ0n) is 23.0. The number of hydrogen-bond acceptors (Lipinski definition) is 6. The average molecular weight is 580 g/mol. The predicted octanol–water partition coefficient (Wildman–Crippen LogP) is 2.08. The number of para-hydroxylation sites is 1. The highest BCUT2D eigenvalue weighted by molar-refractivity contribution is 7.98. The van der Waals surface area contributed by atoms with Crippen molar-refractivity contribution in [3.8, 4) is 0 Å².